The van der Waals surface area contributed by atoms with Crippen molar-refractivity contribution in [2.45, 2.75) is 26.3 Å². The minimum Gasteiger partial charge on any atom is -0.352 e. The maximum Gasteiger partial charge on any atom is 0.255 e. The number of nitrogens with one attached hydrogen (secondary N) is 2. The molecule has 1 saturated heterocycles. The summed E-state index contributed by atoms with van der Waals surface area (Å²) in [6.07, 6.45) is 2.55. The largest absolute Gasteiger partial charge is 0.352 e. The SMILES string of the molecule is Cc1ccc(CNC(=O)C2CCN(C(=O)c3ccc(=O)[nH]c3)CC2)cc1F. The van der Waals surface area contributed by atoms with Crippen LogP contribution in [0.2, 0.25) is 0 Å². The predicted molar refractivity (Wildman–Crippen MR) is 98.7 cm³/mol. The minimum atomic E-state index is -0.282. The molecule has 0 unspecified atom stereocenters. The van der Waals surface area contributed by atoms with Gasteiger partial charge in [-0.25, -0.2) is 4.39 Å². The highest BCUT2D eigenvalue weighted by molar-refractivity contribution is 5.94. The van der Waals surface area contributed by atoms with Gasteiger partial charge < -0.3 is 15.2 Å². The highest BCUT2D eigenvalue weighted by Crippen LogP contribution is 2.19. The number of aryl methyl sites for hydroxylation is 1. The fourth-order valence-electron chi connectivity index (χ4n) is 3.15. The zero-order chi connectivity index (χ0) is 19.4. The highest BCUT2D eigenvalue weighted by atomic mass is 19.1. The van der Waals surface area contributed by atoms with Gasteiger partial charge >= 0.3 is 0 Å². The Morgan fingerprint density at radius 2 is 1.96 bits per heavy atom. The smallest absolute Gasteiger partial charge is 0.255 e. The second kappa shape index (κ2) is 8.16. The number of carbonyl (C=O) groups is 2. The first-order chi connectivity index (χ1) is 12.9. The van der Waals surface area contributed by atoms with Gasteiger partial charge in [0.25, 0.3) is 5.91 Å². The summed E-state index contributed by atoms with van der Waals surface area (Å²) in [5, 5.41) is 2.85. The topological polar surface area (TPSA) is 82.3 Å². The lowest BCUT2D eigenvalue weighted by Crippen LogP contribution is -2.43. The minimum absolute atomic E-state index is 0.0767. The molecule has 3 rings (SSSR count). The third kappa shape index (κ3) is 4.61. The van der Waals surface area contributed by atoms with E-state index in [0.29, 0.717) is 37.1 Å². The van der Waals surface area contributed by atoms with Crippen molar-refractivity contribution in [3.63, 3.8) is 0 Å². The number of hydrogen-bond donors (Lipinski definition) is 2. The molecule has 0 spiro atoms. The number of nitrogens with zero attached hydrogens (tertiary/aromatic N) is 1. The van der Waals surface area contributed by atoms with Crippen LogP contribution in [0, 0.1) is 18.7 Å². The molecule has 1 aliphatic rings. The summed E-state index contributed by atoms with van der Waals surface area (Å²) in [4.78, 5) is 40.1. The normalized spacial score (nSPS) is 14.8. The monoisotopic (exact) mass is 371 g/mol. The molecule has 1 aromatic heterocycles. The van der Waals surface area contributed by atoms with Gasteiger partial charge in [0, 0.05) is 37.8 Å². The number of aromatic amines is 1. The van der Waals surface area contributed by atoms with Crippen LogP contribution in [0.5, 0.6) is 0 Å². The second-order valence-corrected chi connectivity index (χ2v) is 6.81. The van der Waals surface area contributed by atoms with Crippen molar-refractivity contribution in [1.29, 1.82) is 0 Å². The van der Waals surface area contributed by atoms with Gasteiger partial charge in [-0.15, -0.1) is 0 Å². The molecular formula is C20H22FN3O3. The number of pyridine rings is 1. The van der Waals surface area contributed by atoms with E-state index in [1.54, 1.807) is 24.0 Å². The fraction of sp³-hybridized carbons (Fsp3) is 0.350. The van der Waals surface area contributed by atoms with E-state index in [0.717, 1.165) is 5.56 Å². The molecule has 2 amide bonds. The van der Waals surface area contributed by atoms with E-state index in [2.05, 4.69) is 10.3 Å². The van der Waals surface area contributed by atoms with Gasteiger partial charge in [-0.2, -0.15) is 0 Å². The summed E-state index contributed by atoms with van der Waals surface area (Å²) < 4.78 is 13.6. The number of halogens is 1. The molecule has 1 fully saturated rings. The Bertz CT molecular complexity index is 881. The number of amides is 2. The third-order valence-corrected chi connectivity index (χ3v) is 4.89. The van der Waals surface area contributed by atoms with Gasteiger partial charge in [0.1, 0.15) is 5.82 Å². The number of H-pyrrole nitrogens is 1. The van der Waals surface area contributed by atoms with Crippen LogP contribution in [0.15, 0.2) is 41.3 Å². The number of hydrogen-bond acceptors (Lipinski definition) is 3. The molecule has 27 heavy (non-hydrogen) atoms. The van der Waals surface area contributed by atoms with Crippen LogP contribution < -0.4 is 10.9 Å². The van der Waals surface area contributed by atoms with Crippen LogP contribution in [0.3, 0.4) is 0 Å². The Morgan fingerprint density at radius 3 is 2.59 bits per heavy atom. The van der Waals surface area contributed by atoms with Crippen LogP contribution in [0.25, 0.3) is 0 Å². The van der Waals surface area contributed by atoms with E-state index in [1.807, 2.05) is 0 Å². The highest BCUT2D eigenvalue weighted by Gasteiger charge is 2.27. The first-order valence-electron chi connectivity index (χ1n) is 8.95. The molecule has 0 atom stereocenters. The summed E-state index contributed by atoms with van der Waals surface area (Å²) in [6.45, 7) is 2.94. The number of piperidine rings is 1. The lowest BCUT2D eigenvalue weighted by molar-refractivity contribution is -0.126. The number of carbonyl (C=O) groups excluding carboxylic acids is 2. The van der Waals surface area contributed by atoms with Crippen molar-refractivity contribution in [2.24, 2.45) is 5.92 Å². The lowest BCUT2D eigenvalue weighted by Gasteiger charge is -2.31. The van der Waals surface area contributed by atoms with E-state index in [9.17, 15) is 18.8 Å². The first kappa shape index (κ1) is 18.8. The molecule has 0 bridgehead atoms. The van der Waals surface area contributed by atoms with Gasteiger partial charge in [-0.05, 0) is 43.0 Å². The summed E-state index contributed by atoms with van der Waals surface area (Å²) in [6, 6.07) is 7.74. The van der Waals surface area contributed by atoms with E-state index in [4.69, 9.17) is 0 Å². The van der Waals surface area contributed by atoms with E-state index < -0.39 is 0 Å². The van der Waals surface area contributed by atoms with Crippen LogP contribution >= 0.6 is 0 Å². The molecule has 7 heteroatoms. The first-order valence-corrected chi connectivity index (χ1v) is 8.95. The molecular weight excluding hydrogens is 349 g/mol. The Morgan fingerprint density at radius 1 is 1.22 bits per heavy atom. The Labute approximate surface area is 156 Å². The molecule has 142 valence electrons. The Hall–Kier alpha value is -2.96. The van der Waals surface area contributed by atoms with Gasteiger partial charge in [0.2, 0.25) is 11.5 Å². The van der Waals surface area contributed by atoms with Crippen molar-refractivity contribution in [3.05, 3.63) is 69.4 Å². The Balaban J connectivity index is 1.50. The number of benzene rings is 1. The van der Waals surface area contributed by atoms with Crippen molar-refractivity contribution in [2.75, 3.05) is 13.1 Å². The van der Waals surface area contributed by atoms with Gasteiger partial charge in [-0.3, -0.25) is 14.4 Å². The Kier molecular flexibility index (Phi) is 5.69. The lowest BCUT2D eigenvalue weighted by atomic mass is 9.95. The molecule has 2 aromatic rings. The number of aromatic nitrogens is 1. The maximum absolute atomic E-state index is 13.6. The van der Waals surface area contributed by atoms with Gasteiger partial charge in [0.15, 0.2) is 0 Å². The van der Waals surface area contributed by atoms with Crippen LogP contribution in [0.4, 0.5) is 4.39 Å². The third-order valence-electron chi connectivity index (χ3n) is 4.89. The molecule has 0 aliphatic carbocycles. The number of rotatable bonds is 4. The molecule has 1 aromatic carbocycles. The summed E-state index contributed by atoms with van der Waals surface area (Å²) >= 11 is 0. The van der Waals surface area contributed by atoms with Gasteiger partial charge in [0.05, 0.1) is 5.56 Å². The molecule has 2 N–H and O–H groups in total. The summed E-state index contributed by atoms with van der Waals surface area (Å²) in [5.41, 5.74) is 1.47. The van der Waals surface area contributed by atoms with Crippen LogP contribution in [0.1, 0.15) is 34.3 Å². The van der Waals surface area contributed by atoms with Crippen molar-refractivity contribution in [3.8, 4) is 0 Å². The predicted octanol–water partition coefficient (Wildman–Crippen LogP) is 1.99. The van der Waals surface area contributed by atoms with E-state index in [1.165, 1.54) is 24.4 Å². The van der Waals surface area contributed by atoms with E-state index in [-0.39, 0.29) is 35.7 Å². The van der Waals surface area contributed by atoms with Crippen molar-refractivity contribution >= 4 is 11.8 Å². The van der Waals surface area contributed by atoms with Crippen LogP contribution in [-0.2, 0) is 11.3 Å². The molecule has 0 radical (unpaired) electrons. The zero-order valence-electron chi connectivity index (χ0n) is 15.1. The quantitative estimate of drug-likeness (QED) is 0.862. The second-order valence-electron chi connectivity index (χ2n) is 6.81. The molecule has 1 aliphatic heterocycles. The van der Waals surface area contributed by atoms with Crippen LogP contribution in [-0.4, -0.2) is 34.8 Å². The average molecular weight is 371 g/mol. The molecule has 2 heterocycles. The average Bonchev–Trinajstić information content (AvgIpc) is 2.69. The van der Waals surface area contributed by atoms with E-state index >= 15 is 0 Å². The molecule has 6 nitrogen and oxygen atoms in total. The summed E-state index contributed by atoms with van der Waals surface area (Å²) in [5.74, 6) is -0.678. The number of likely N-dealkylation sites (tertiary alicyclic amines) is 1. The van der Waals surface area contributed by atoms with Crippen molar-refractivity contribution < 1.29 is 14.0 Å². The fourth-order valence-corrected chi connectivity index (χ4v) is 3.15. The zero-order valence-corrected chi connectivity index (χ0v) is 15.1. The van der Waals surface area contributed by atoms with Crippen molar-refractivity contribution in [1.82, 2.24) is 15.2 Å². The van der Waals surface area contributed by atoms with Gasteiger partial charge in [-0.1, -0.05) is 12.1 Å². The summed E-state index contributed by atoms with van der Waals surface area (Å²) in [7, 11) is 0. The molecule has 0 saturated carbocycles. The standard InChI is InChI=1S/C20H22FN3O3/c1-13-2-3-14(10-17(13)21)11-23-19(26)15-6-8-24(9-7-15)20(27)16-4-5-18(25)22-12-16/h2-5,10,12,15H,6-9,11H2,1H3,(H,22,25)(H,23,26). The maximum atomic E-state index is 13.6.